The van der Waals surface area contributed by atoms with Crippen LogP contribution in [-0.2, 0) is 0 Å². The van der Waals surface area contributed by atoms with E-state index in [0.717, 1.165) is 5.56 Å². The summed E-state index contributed by atoms with van der Waals surface area (Å²) in [5, 5.41) is 8.59. The van der Waals surface area contributed by atoms with E-state index < -0.39 is 5.91 Å². The first-order valence-corrected chi connectivity index (χ1v) is 11.1. The zero-order valence-corrected chi connectivity index (χ0v) is 20.7. The van der Waals surface area contributed by atoms with Gasteiger partial charge in [-0.1, -0.05) is 36.4 Å². The van der Waals surface area contributed by atoms with Crippen molar-refractivity contribution in [2.24, 2.45) is 0 Å². The van der Waals surface area contributed by atoms with Crippen LogP contribution in [0.1, 0.15) is 39.2 Å². The van der Waals surface area contributed by atoms with Crippen molar-refractivity contribution in [3.05, 3.63) is 83.4 Å². The topological polar surface area (TPSA) is 97.9 Å². The Labute approximate surface area is 209 Å². The quantitative estimate of drug-likeness (QED) is 0.402. The normalized spacial score (nSPS) is 11.1. The van der Waals surface area contributed by atoms with Gasteiger partial charge < -0.3 is 24.8 Å². The summed E-state index contributed by atoms with van der Waals surface area (Å²) in [6.07, 6.45) is 0. The minimum absolute atomic E-state index is 0.0685. The fourth-order valence-electron chi connectivity index (χ4n) is 3.39. The Hall–Kier alpha value is -4.11. The van der Waals surface area contributed by atoms with E-state index in [-0.39, 0.29) is 22.6 Å². The average molecular weight is 494 g/mol. The van der Waals surface area contributed by atoms with Gasteiger partial charge in [-0.25, -0.2) is 0 Å². The third kappa shape index (κ3) is 6.48. The monoisotopic (exact) mass is 493 g/mol. The minimum atomic E-state index is -0.465. The molecule has 3 N–H and O–H groups in total. The Morgan fingerprint density at radius 1 is 0.800 bits per heavy atom. The molecule has 0 aliphatic heterocycles. The van der Waals surface area contributed by atoms with E-state index in [1.807, 2.05) is 37.3 Å². The fourth-order valence-corrected chi connectivity index (χ4v) is 3.60. The summed E-state index contributed by atoms with van der Waals surface area (Å²) in [5.41, 5.74) is 2.29. The van der Waals surface area contributed by atoms with Crippen LogP contribution in [0, 0.1) is 0 Å². The van der Waals surface area contributed by atoms with Crippen LogP contribution in [0.4, 0.5) is 5.69 Å². The number of methoxy groups -OCH3 is 3. The number of carbonyl (C=O) groups excluding carboxylic acids is 2. The van der Waals surface area contributed by atoms with Crippen LogP contribution in [0.2, 0.25) is 0 Å². The molecule has 182 valence electrons. The lowest BCUT2D eigenvalue weighted by molar-refractivity contribution is 0.0938. The van der Waals surface area contributed by atoms with E-state index >= 15 is 0 Å². The van der Waals surface area contributed by atoms with E-state index in [2.05, 4.69) is 16.0 Å². The van der Waals surface area contributed by atoms with Crippen LogP contribution in [-0.4, -0.2) is 38.3 Å². The molecule has 3 aromatic rings. The molecule has 0 aliphatic carbocycles. The summed E-state index contributed by atoms with van der Waals surface area (Å²) in [4.78, 5) is 25.5. The highest BCUT2D eigenvalue weighted by Gasteiger charge is 2.18. The third-order valence-corrected chi connectivity index (χ3v) is 5.39. The Morgan fingerprint density at radius 2 is 1.46 bits per heavy atom. The van der Waals surface area contributed by atoms with Crippen molar-refractivity contribution in [3.8, 4) is 17.2 Å². The summed E-state index contributed by atoms with van der Waals surface area (Å²) < 4.78 is 15.9. The van der Waals surface area contributed by atoms with Crippen molar-refractivity contribution in [3.63, 3.8) is 0 Å². The first kappa shape index (κ1) is 25.5. The smallest absolute Gasteiger partial charge is 0.257 e. The number of hydrogen-bond donors (Lipinski definition) is 3. The average Bonchev–Trinajstić information content (AvgIpc) is 2.88. The van der Waals surface area contributed by atoms with Gasteiger partial charge in [0.05, 0.1) is 27.4 Å². The maximum Gasteiger partial charge on any atom is 0.257 e. The molecule has 0 saturated heterocycles. The van der Waals surface area contributed by atoms with Crippen molar-refractivity contribution in [2.45, 2.75) is 13.0 Å². The molecule has 0 heterocycles. The molecule has 1 unspecified atom stereocenters. The molecule has 9 heteroatoms. The van der Waals surface area contributed by atoms with Gasteiger partial charge in [-0.3, -0.25) is 14.9 Å². The number of rotatable bonds is 8. The molecule has 0 radical (unpaired) electrons. The lowest BCUT2D eigenvalue weighted by Gasteiger charge is -2.16. The first-order chi connectivity index (χ1) is 16.9. The van der Waals surface area contributed by atoms with Gasteiger partial charge in [0.15, 0.2) is 16.6 Å². The van der Waals surface area contributed by atoms with Gasteiger partial charge in [0, 0.05) is 16.8 Å². The van der Waals surface area contributed by atoms with Crippen LogP contribution in [0.3, 0.4) is 0 Å². The molecular formula is C26H27N3O5S. The van der Waals surface area contributed by atoms with Gasteiger partial charge in [0.1, 0.15) is 0 Å². The number of carbonyl (C=O) groups is 2. The number of nitrogens with one attached hydrogen (secondary N) is 3. The van der Waals surface area contributed by atoms with Gasteiger partial charge in [0.2, 0.25) is 5.75 Å². The van der Waals surface area contributed by atoms with Crippen LogP contribution >= 0.6 is 12.2 Å². The zero-order chi connectivity index (χ0) is 25.4. The van der Waals surface area contributed by atoms with Crippen LogP contribution in [0.5, 0.6) is 17.2 Å². The maximum atomic E-state index is 12.8. The SMILES string of the molecule is COc1cc(C(=O)NC(=S)Nc2cccc(C(=O)NC(C)c3ccccc3)c2)cc(OC)c1OC. The van der Waals surface area contributed by atoms with Gasteiger partial charge in [-0.2, -0.15) is 0 Å². The van der Waals surface area contributed by atoms with Crippen LogP contribution < -0.4 is 30.2 Å². The molecule has 0 aromatic heterocycles. The number of amides is 2. The highest BCUT2D eigenvalue weighted by atomic mass is 32.1. The lowest BCUT2D eigenvalue weighted by Crippen LogP contribution is -2.34. The summed E-state index contributed by atoms with van der Waals surface area (Å²) in [5.74, 6) is 0.382. The van der Waals surface area contributed by atoms with Gasteiger partial charge in [-0.05, 0) is 55.0 Å². The van der Waals surface area contributed by atoms with E-state index in [1.54, 1.807) is 24.3 Å². The predicted octanol–water partition coefficient (Wildman–Crippen LogP) is 4.33. The summed E-state index contributed by atoms with van der Waals surface area (Å²) in [7, 11) is 4.42. The van der Waals surface area contributed by atoms with Crippen LogP contribution in [0.25, 0.3) is 0 Å². The van der Waals surface area contributed by atoms with Crippen molar-refractivity contribution in [1.29, 1.82) is 0 Å². The molecule has 3 aromatic carbocycles. The Balaban J connectivity index is 1.66. The molecule has 0 spiro atoms. The molecule has 3 rings (SSSR count). The maximum absolute atomic E-state index is 12.8. The molecular weight excluding hydrogens is 466 g/mol. The molecule has 2 amide bonds. The zero-order valence-electron chi connectivity index (χ0n) is 19.9. The number of anilines is 1. The summed E-state index contributed by atoms with van der Waals surface area (Å²) >= 11 is 5.30. The third-order valence-electron chi connectivity index (χ3n) is 5.18. The van der Waals surface area contributed by atoms with E-state index in [4.69, 9.17) is 26.4 Å². The largest absolute Gasteiger partial charge is 0.493 e. The fraction of sp³-hybridized carbons (Fsp3) is 0.192. The number of benzene rings is 3. The summed E-state index contributed by atoms with van der Waals surface area (Å²) in [6.45, 7) is 1.92. The molecule has 0 aliphatic rings. The predicted molar refractivity (Wildman–Crippen MR) is 139 cm³/mol. The number of ether oxygens (including phenoxy) is 3. The van der Waals surface area contributed by atoms with Crippen molar-refractivity contribution in [2.75, 3.05) is 26.6 Å². The highest BCUT2D eigenvalue weighted by Crippen LogP contribution is 2.38. The van der Waals surface area contributed by atoms with Crippen LogP contribution in [0.15, 0.2) is 66.7 Å². The van der Waals surface area contributed by atoms with Crippen molar-refractivity contribution >= 4 is 34.8 Å². The molecule has 8 nitrogen and oxygen atoms in total. The minimum Gasteiger partial charge on any atom is -0.493 e. The Morgan fingerprint density at radius 3 is 2.06 bits per heavy atom. The lowest BCUT2D eigenvalue weighted by atomic mass is 10.1. The second-order valence-corrected chi connectivity index (χ2v) is 7.92. The molecule has 0 fully saturated rings. The van der Waals surface area contributed by atoms with Gasteiger partial charge in [-0.15, -0.1) is 0 Å². The molecule has 0 saturated carbocycles. The second kappa shape index (κ2) is 11.8. The standard InChI is InChI=1S/C26H27N3O5S/c1-16(17-9-6-5-7-10-17)27-24(30)18-11-8-12-20(13-18)28-26(35)29-25(31)19-14-21(32-2)23(34-4)22(15-19)33-3/h5-16H,1-4H3,(H,27,30)(H2,28,29,31,35). The van der Waals surface area contributed by atoms with E-state index in [0.29, 0.717) is 28.5 Å². The highest BCUT2D eigenvalue weighted by molar-refractivity contribution is 7.80. The molecule has 0 bridgehead atoms. The Bertz CT molecular complexity index is 1190. The van der Waals surface area contributed by atoms with Crippen molar-refractivity contribution in [1.82, 2.24) is 10.6 Å². The van der Waals surface area contributed by atoms with Crippen molar-refractivity contribution < 1.29 is 23.8 Å². The number of thiocarbonyl (C=S) groups is 1. The first-order valence-electron chi connectivity index (χ1n) is 10.7. The van der Waals surface area contributed by atoms with Gasteiger partial charge >= 0.3 is 0 Å². The van der Waals surface area contributed by atoms with Gasteiger partial charge in [0.25, 0.3) is 11.8 Å². The summed E-state index contributed by atoms with van der Waals surface area (Å²) in [6, 6.07) is 19.4. The second-order valence-electron chi connectivity index (χ2n) is 7.51. The van der Waals surface area contributed by atoms with E-state index in [9.17, 15) is 9.59 Å². The number of hydrogen-bond acceptors (Lipinski definition) is 6. The molecule has 1 atom stereocenters. The Kier molecular flexibility index (Phi) is 8.63. The molecule has 35 heavy (non-hydrogen) atoms. The van der Waals surface area contributed by atoms with E-state index in [1.165, 1.54) is 33.5 Å².